The largest absolute Gasteiger partial charge is 0.314 e. The molecular weight excluding hydrogens is 182 g/mol. The van der Waals surface area contributed by atoms with E-state index in [9.17, 15) is 0 Å². The molecule has 3 unspecified atom stereocenters. The van der Waals surface area contributed by atoms with Crippen molar-refractivity contribution in [3.63, 3.8) is 0 Å². The maximum atomic E-state index is 3.79. The minimum absolute atomic E-state index is 0.850. The standard InChI is InChI=1S/C14H27N/c1-3-7-13(15-10-4-2)14-11-8-5-6-9-12(11)14/h11-15H,3-10H2,1-2H3. The van der Waals surface area contributed by atoms with Gasteiger partial charge in [-0.05, 0) is 50.0 Å². The highest BCUT2D eigenvalue weighted by Crippen LogP contribution is 2.57. The summed E-state index contributed by atoms with van der Waals surface area (Å²) in [6, 6.07) is 0.850. The summed E-state index contributed by atoms with van der Waals surface area (Å²) >= 11 is 0. The van der Waals surface area contributed by atoms with Crippen LogP contribution in [0.25, 0.3) is 0 Å². The Morgan fingerprint density at radius 3 is 2.27 bits per heavy atom. The van der Waals surface area contributed by atoms with Gasteiger partial charge in [-0.15, -0.1) is 0 Å². The summed E-state index contributed by atoms with van der Waals surface area (Å²) in [6.45, 7) is 5.82. The molecule has 1 nitrogen and oxygen atoms in total. The van der Waals surface area contributed by atoms with Crippen LogP contribution in [0.2, 0.25) is 0 Å². The molecule has 0 bridgehead atoms. The van der Waals surface area contributed by atoms with Gasteiger partial charge >= 0.3 is 0 Å². The summed E-state index contributed by atoms with van der Waals surface area (Å²) < 4.78 is 0. The molecule has 0 amide bonds. The quantitative estimate of drug-likeness (QED) is 0.705. The second-order valence-electron chi connectivity index (χ2n) is 5.54. The van der Waals surface area contributed by atoms with Crippen LogP contribution in [-0.2, 0) is 0 Å². The Bertz CT molecular complexity index is 178. The van der Waals surface area contributed by atoms with Gasteiger partial charge in [-0.3, -0.25) is 0 Å². The molecule has 0 aliphatic heterocycles. The van der Waals surface area contributed by atoms with Gasteiger partial charge in [0.25, 0.3) is 0 Å². The molecule has 3 atom stereocenters. The molecule has 1 heteroatoms. The molecular formula is C14H27N. The van der Waals surface area contributed by atoms with Crippen LogP contribution in [0.15, 0.2) is 0 Å². The molecule has 2 aliphatic rings. The van der Waals surface area contributed by atoms with E-state index >= 15 is 0 Å². The second kappa shape index (κ2) is 5.34. The van der Waals surface area contributed by atoms with E-state index in [1.165, 1.54) is 51.5 Å². The molecule has 2 aliphatic carbocycles. The highest BCUT2D eigenvalue weighted by molar-refractivity contribution is 5.04. The third kappa shape index (κ3) is 2.55. The lowest BCUT2D eigenvalue weighted by Crippen LogP contribution is -2.32. The van der Waals surface area contributed by atoms with Gasteiger partial charge in [0.2, 0.25) is 0 Å². The van der Waals surface area contributed by atoms with Crippen LogP contribution >= 0.6 is 0 Å². The number of nitrogens with one attached hydrogen (secondary N) is 1. The predicted octanol–water partition coefficient (Wildman–Crippen LogP) is 3.59. The average Bonchev–Trinajstić information content (AvgIpc) is 2.98. The van der Waals surface area contributed by atoms with Crippen molar-refractivity contribution in [3.05, 3.63) is 0 Å². The van der Waals surface area contributed by atoms with Crippen LogP contribution in [0, 0.1) is 17.8 Å². The Morgan fingerprint density at radius 2 is 1.73 bits per heavy atom. The minimum Gasteiger partial charge on any atom is -0.314 e. The van der Waals surface area contributed by atoms with Crippen LogP contribution in [0.5, 0.6) is 0 Å². The van der Waals surface area contributed by atoms with Crippen LogP contribution in [0.1, 0.15) is 58.8 Å². The highest BCUT2D eigenvalue weighted by atomic mass is 14.9. The molecule has 0 spiro atoms. The first-order valence-corrected chi connectivity index (χ1v) is 7.11. The maximum absolute atomic E-state index is 3.79. The zero-order chi connectivity index (χ0) is 10.7. The molecule has 0 aromatic carbocycles. The van der Waals surface area contributed by atoms with E-state index < -0.39 is 0 Å². The molecule has 2 saturated carbocycles. The van der Waals surface area contributed by atoms with Crippen molar-refractivity contribution in [2.45, 2.75) is 64.8 Å². The summed E-state index contributed by atoms with van der Waals surface area (Å²) in [7, 11) is 0. The summed E-state index contributed by atoms with van der Waals surface area (Å²) in [4.78, 5) is 0. The Morgan fingerprint density at radius 1 is 1.07 bits per heavy atom. The molecule has 1 N–H and O–H groups in total. The van der Waals surface area contributed by atoms with E-state index in [-0.39, 0.29) is 0 Å². The fourth-order valence-corrected chi connectivity index (χ4v) is 3.72. The second-order valence-corrected chi connectivity index (χ2v) is 5.54. The topological polar surface area (TPSA) is 12.0 Å². The predicted molar refractivity (Wildman–Crippen MR) is 65.9 cm³/mol. The number of hydrogen-bond acceptors (Lipinski definition) is 1. The molecule has 88 valence electrons. The maximum Gasteiger partial charge on any atom is 0.0101 e. The first-order valence-electron chi connectivity index (χ1n) is 7.11. The smallest absolute Gasteiger partial charge is 0.0101 e. The van der Waals surface area contributed by atoms with E-state index in [4.69, 9.17) is 0 Å². The first kappa shape index (κ1) is 11.4. The van der Waals surface area contributed by atoms with Gasteiger partial charge in [-0.2, -0.15) is 0 Å². The molecule has 2 rings (SSSR count). The number of rotatable bonds is 6. The normalized spacial score (nSPS) is 36.0. The minimum atomic E-state index is 0.850. The van der Waals surface area contributed by atoms with Crippen molar-refractivity contribution in [3.8, 4) is 0 Å². The van der Waals surface area contributed by atoms with Crippen LogP contribution < -0.4 is 5.32 Å². The molecule has 0 heterocycles. The van der Waals surface area contributed by atoms with Crippen molar-refractivity contribution in [2.75, 3.05) is 6.54 Å². The van der Waals surface area contributed by atoms with Gasteiger partial charge in [0.15, 0.2) is 0 Å². The molecule has 15 heavy (non-hydrogen) atoms. The first-order chi connectivity index (χ1) is 7.38. The fourth-order valence-electron chi connectivity index (χ4n) is 3.72. The average molecular weight is 209 g/mol. The molecule has 0 radical (unpaired) electrons. The van der Waals surface area contributed by atoms with Crippen LogP contribution in [0.4, 0.5) is 0 Å². The molecule has 0 saturated heterocycles. The fraction of sp³-hybridized carbons (Fsp3) is 1.00. The zero-order valence-electron chi connectivity index (χ0n) is 10.5. The van der Waals surface area contributed by atoms with Crippen LogP contribution in [0.3, 0.4) is 0 Å². The zero-order valence-corrected chi connectivity index (χ0v) is 10.5. The van der Waals surface area contributed by atoms with Gasteiger partial charge in [-0.1, -0.05) is 33.1 Å². The van der Waals surface area contributed by atoms with Gasteiger partial charge in [0.05, 0.1) is 0 Å². The Labute approximate surface area is 95.0 Å². The monoisotopic (exact) mass is 209 g/mol. The Kier molecular flexibility index (Phi) is 4.07. The summed E-state index contributed by atoms with van der Waals surface area (Å²) in [5.41, 5.74) is 0. The van der Waals surface area contributed by atoms with Crippen molar-refractivity contribution < 1.29 is 0 Å². The Balaban J connectivity index is 1.82. The van der Waals surface area contributed by atoms with Gasteiger partial charge in [0, 0.05) is 6.04 Å². The van der Waals surface area contributed by atoms with Crippen molar-refractivity contribution >= 4 is 0 Å². The third-order valence-electron chi connectivity index (χ3n) is 4.44. The van der Waals surface area contributed by atoms with Crippen molar-refractivity contribution in [2.24, 2.45) is 17.8 Å². The van der Waals surface area contributed by atoms with Crippen LogP contribution in [-0.4, -0.2) is 12.6 Å². The third-order valence-corrected chi connectivity index (χ3v) is 4.44. The molecule has 0 aromatic rings. The van der Waals surface area contributed by atoms with E-state index in [0.29, 0.717) is 0 Å². The lowest BCUT2D eigenvalue weighted by molar-refractivity contribution is 0.403. The molecule has 0 aromatic heterocycles. The van der Waals surface area contributed by atoms with E-state index in [1.807, 2.05) is 0 Å². The SMILES string of the molecule is CCCNC(CCC)C1C2CCCCC21. The summed E-state index contributed by atoms with van der Waals surface area (Å²) in [6.07, 6.45) is 10.1. The number of fused-ring (bicyclic) bond motifs is 1. The van der Waals surface area contributed by atoms with Crippen molar-refractivity contribution in [1.29, 1.82) is 0 Å². The van der Waals surface area contributed by atoms with Gasteiger partial charge < -0.3 is 5.32 Å². The summed E-state index contributed by atoms with van der Waals surface area (Å²) in [5.74, 6) is 3.28. The van der Waals surface area contributed by atoms with Crippen molar-refractivity contribution in [1.82, 2.24) is 5.32 Å². The van der Waals surface area contributed by atoms with E-state index in [1.54, 1.807) is 0 Å². The van der Waals surface area contributed by atoms with Gasteiger partial charge in [-0.25, -0.2) is 0 Å². The molecule has 2 fully saturated rings. The highest BCUT2D eigenvalue weighted by Gasteiger charge is 2.53. The van der Waals surface area contributed by atoms with Gasteiger partial charge in [0.1, 0.15) is 0 Å². The lowest BCUT2D eigenvalue weighted by atomic mass is 10.0. The summed E-state index contributed by atoms with van der Waals surface area (Å²) in [5, 5.41) is 3.79. The Hall–Kier alpha value is -0.0400. The number of hydrogen-bond donors (Lipinski definition) is 1. The lowest BCUT2D eigenvalue weighted by Gasteiger charge is -2.18. The van der Waals surface area contributed by atoms with E-state index in [0.717, 1.165) is 23.8 Å². The van der Waals surface area contributed by atoms with E-state index in [2.05, 4.69) is 19.2 Å².